The molecule has 0 spiro atoms. The van der Waals surface area contributed by atoms with Crippen LogP contribution in [0.4, 0.5) is 0 Å². The maximum Gasteiger partial charge on any atom is 0.137 e. The van der Waals surface area contributed by atoms with E-state index in [0.717, 1.165) is 18.8 Å². The molecular formula is C13H20ClNO. The van der Waals surface area contributed by atoms with Gasteiger partial charge in [0.15, 0.2) is 0 Å². The van der Waals surface area contributed by atoms with Crippen LogP contribution < -0.4 is 10.1 Å². The molecule has 0 fully saturated rings. The van der Waals surface area contributed by atoms with Crippen molar-refractivity contribution >= 4 is 11.6 Å². The van der Waals surface area contributed by atoms with Crippen molar-refractivity contribution in [3.63, 3.8) is 0 Å². The standard InChI is InChI=1S/C13H20ClNO/c1-4-10(2)8-15-9-11-5-6-13(16-3)12(14)7-11/h5-7,10,15H,4,8-9H2,1-3H3. The summed E-state index contributed by atoms with van der Waals surface area (Å²) < 4.78 is 5.11. The topological polar surface area (TPSA) is 21.3 Å². The largest absolute Gasteiger partial charge is 0.495 e. The van der Waals surface area contributed by atoms with Crippen LogP contribution in [0.3, 0.4) is 0 Å². The summed E-state index contributed by atoms with van der Waals surface area (Å²) in [7, 11) is 1.63. The number of hydrogen-bond donors (Lipinski definition) is 1. The van der Waals surface area contributed by atoms with E-state index in [1.54, 1.807) is 7.11 Å². The molecule has 90 valence electrons. The van der Waals surface area contributed by atoms with Crippen LogP contribution >= 0.6 is 11.6 Å². The highest BCUT2D eigenvalue weighted by molar-refractivity contribution is 6.32. The highest BCUT2D eigenvalue weighted by Gasteiger charge is 2.02. The van der Waals surface area contributed by atoms with Gasteiger partial charge in [-0.3, -0.25) is 0 Å². The van der Waals surface area contributed by atoms with Crippen LogP contribution in [0.25, 0.3) is 0 Å². The number of ether oxygens (including phenoxy) is 1. The summed E-state index contributed by atoms with van der Waals surface area (Å²) in [6.07, 6.45) is 1.20. The molecule has 1 aromatic carbocycles. The second kappa shape index (κ2) is 6.77. The number of benzene rings is 1. The monoisotopic (exact) mass is 241 g/mol. The highest BCUT2D eigenvalue weighted by atomic mass is 35.5. The molecule has 1 aromatic rings. The molecule has 0 radical (unpaired) electrons. The van der Waals surface area contributed by atoms with Crippen molar-refractivity contribution in [2.24, 2.45) is 5.92 Å². The Balaban J connectivity index is 2.46. The average Bonchev–Trinajstić information content (AvgIpc) is 2.29. The number of rotatable bonds is 6. The lowest BCUT2D eigenvalue weighted by atomic mass is 10.1. The van der Waals surface area contributed by atoms with E-state index in [4.69, 9.17) is 16.3 Å². The molecule has 1 atom stereocenters. The zero-order valence-corrected chi connectivity index (χ0v) is 11.0. The van der Waals surface area contributed by atoms with Crippen LogP contribution in [-0.4, -0.2) is 13.7 Å². The molecule has 0 bridgehead atoms. The van der Waals surface area contributed by atoms with Crippen LogP contribution in [-0.2, 0) is 6.54 Å². The molecular weight excluding hydrogens is 222 g/mol. The van der Waals surface area contributed by atoms with Crippen LogP contribution in [0, 0.1) is 5.92 Å². The van der Waals surface area contributed by atoms with Crippen LogP contribution in [0.5, 0.6) is 5.75 Å². The second-order valence-corrected chi connectivity index (χ2v) is 4.52. The van der Waals surface area contributed by atoms with Crippen molar-refractivity contribution in [1.29, 1.82) is 0 Å². The van der Waals surface area contributed by atoms with E-state index in [-0.39, 0.29) is 0 Å². The number of halogens is 1. The normalized spacial score (nSPS) is 12.5. The van der Waals surface area contributed by atoms with Crippen molar-refractivity contribution in [1.82, 2.24) is 5.32 Å². The van der Waals surface area contributed by atoms with E-state index in [2.05, 4.69) is 19.2 Å². The fourth-order valence-corrected chi connectivity index (χ4v) is 1.71. The van der Waals surface area contributed by atoms with E-state index in [1.807, 2.05) is 18.2 Å². The summed E-state index contributed by atoms with van der Waals surface area (Å²) in [5.74, 6) is 1.45. The van der Waals surface area contributed by atoms with Gasteiger partial charge in [0.1, 0.15) is 5.75 Å². The zero-order valence-electron chi connectivity index (χ0n) is 10.2. The van der Waals surface area contributed by atoms with Crippen LogP contribution in [0.1, 0.15) is 25.8 Å². The number of methoxy groups -OCH3 is 1. The first kappa shape index (κ1) is 13.3. The second-order valence-electron chi connectivity index (χ2n) is 4.11. The van der Waals surface area contributed by atoms with E-state index >= 15 is 0 Å². The van der Waals surface area contributed by atoms with Gasteiger partial charge in [-0.1, -0.05) is 37.9 Å². The summed E-state index contributed by atoms with van der Waals surface area (Å²) in [6, 6.07) is 5.89. The Hall–Kier alpha value is -0.730. The average molecular weight is 242 g/mol. The van der Waals surface area contributed by atoms with Gasteiger partial charge in [0.2, 0.25) is 0 Å². The minimum Gasteiger partial charge on any atom is -0.495 e. The molecule has 0 heterocycles. The summed E-state index contributed by atoms with van der Waals surface area (Å²) in [6.45, 7) is 6.35. The number of hydrogen-bond acceptors (Lipinski definition) is 2. The summed E-state index contributed by atoms with van der Waals surface area (Å²) >= 11 is 6.05. The van der Waals surface area contributed by atoms with E-state index in [9.17, 15) is 0 Å². The van der Waals surface area contributed by atoms with Gasteiger partial charge in [0, 0.05) is 6.54 Å². The lowest BCUT2D eigenvalue weighted by Gasteiger charge is -2.11. The van der Waals surface area contributed by atoms with Crippen molar-refractivity contribution in [2.45, 2.75) is 26.8 Å². The Morgan fingerprint density at radius 3 is 2.75 bits per heavy atom. The molecule has 0 aliphatic heterocycles. The summed E-state index contributed by atoms with van der Waals surface area (Å²) in [5, 5.41) is 4.09. The maximum atomic E-state index is 6.05. The van der Waals surface area contributed by atoms with Gasteiger partial charge in [-0.05, 0) is 30.2 Å². The quantitative estimate of drug-likeness (QED) is 0.823. The zero-order chi connectivity index (χ0) is 12.0. The first-order valence-electron chi connectivity index (χ1n) is 5.70. The predicted octanol–water partition coefficient (Wildman–Crippen LogP) is 3.48. The molecule has 0 aliphatic rings. The molecule has 0 saturated heterocycles. The third-order valence-corrected chi connectivity index (χ3v) is 3.03. The fourth-order valence-electron chi connectivity index (χ4n) is 1.43. The lowest BCUT2D eigenvalue weighted by Crippen LogP contribution is -2.20. The van der Waals surface area contributed by atoms with Crippen LogP contribution in [0.2, 0.25) is 5.02 Å². The summed E-state index contributed by atoms with van der Waals surface area (Å²) in [5.41, 5.74) is 1.19. The first-order chi connectivity index (χ1) is 7.67. The molecule has 0 amide bonds. The number of nitrogens with one attached hydrogen (secondary N) is 1. The summed E-state index contributed by atoms with van der Waals surface area (Å²) in [4.78, 5) is 0. The van der Waals surface area contributed by atoms with Crippen molar-refractivity contribution in [2.75, 3.05) is 13.7 Å². The molecule has 0 aromatic heterocycles. The minimum absolute atomic E-state index is 0.672. The van der Waals surface area contributed by atoms with Gasteiger partial charge < -0.3 is 10.1 Å². The van der Waals surface area contributed by atoms with Gasteiger partial charge in [-0.2, -0.15) is 0 Å². The van der Waals surface area contributed by atoms with Crippen LogP contribution in [0.15, 0.2) is 18.2 Å². The van der Waals surface area contributed by atoms with Gasteiger partial charge in [0.25, 0.3) is 0 Å². The molecule has 3 heteroatoms. The molecule has 1 unspecified atom stereocenters. The van der Waals surface area contributed by atoms with Gasteiger partial charge in [-0.25, -0.2) is 0 Å². The smallest absolute Gasteiger partial charge is 0.137 e. The molecule has 1 N–H and O–H groups in total. The lowest BCUT2D eigenvalue weighted by molar-refractivity contribution is 0.414. The van der Waals surface area contributed by atoms with Gasteiger partial charge >= 0.3 is 0 Å². The van der Waals surface area contributed by atoms with E-state index in [1.165, 1.54) is 12.0 Å². The van der Waals surface area contributed by atoms with Crippen molar-refractivity contribution in [3.8, 4) is 5.75 Å². The van der Waals surface area contributed by atoms with Gasteiger partial charge in [0.05, 0.1) is 12.1 Å². The third kappa shape index (κ3) is 4.03. The molecule has 0 aliphatic carbocycles. The maximum absolute atomic E-state index is 6.05. The first-order valence-corrected chi connectivity index (χ1v) is 6.08. The SMILES string of the molecule is CCC(C)CNCc1ccc(OC)c(Cl)c1. The minimum atomic E-state index is 0.672. The Kier molecular flexibility index (Phi) is 5.64. The Bertz CT molecular complexity index is 328. The molecule has 0 saturated carbocycles. The Morgan fingerprint density at radius 1 is 1.44 bits per heavy atom. The molecule has 2 nitrogen and oxygen atoms in total. The van der Waals surface area contributed by atoms with Crippen molar-refractivity contribution in [3.05, 3.63) is 28.8 Å². The third-order valence-electron chi connectivity index (χ3n) is 2.74. The predicted molar refractivity (Wildman–Crippen MR) is 69.2 cm³/mol. The van der Waals surface area contributed by atoms with Crippen molar-refractivity contribution < 1.29 is 4.74 Å². The van der Waals surface area contributed by atoms with Gasteiger partial charge in [-0.15, -0.1) is 0 Å². The highest BCUT2D eigenvalue weighted by Crippen LogP contribution is 2.24. The Labute approximate surface area is 103 Å². The fraction of sp³-hybridized carbons (Fsp3) is 0.538. The molecule has 1 rings (SSSR count). The Morgan fingerprint density at radius 2 is 2.19 bits per heavy atom. The van der Waals surface area contributed by atoms with E-state index < -0.39 is 0 Å². The molecule has 16 heavy (non-hydrogen) atoms. The van der Waals surface area contributed by atoms with E-state index in [0.29, 0.717) is 10.9 Å².